The van der Waals surface area contributed by atoms with Crippen molar-refractivity contribution in [2.45, 2.75) is 39.1 Å². The molecule has 4 heterocycles. The van der Waals surface area contributed by atoms with Gasteiger partial charge in [-0.25, -0.2) is 9.50 Å². The number of carbonyl (C=O) groups is 1. The number of aliphatic hydroxyl groups is 1. The van der Waals surface area contributed by atoms with Crippen molar-refractivity contribution in [1.29, 1.82) is 0 Å². The maximum atomic E-state index is 13.3. The Balaban J connectivity index is 1.42. The van der Waals surface area contributed by atoms with Gasteiger partial charge in [0, 0.05) is 18.7 Å². The maximum absolute atomic E-state index is 13.3. The van der Waals surface area contributed by atoms with Gasteiger partial charge in [0.05, 0.1) is 40.8 Å². The number of fused-ring (bicyclic) bond motifs is 3. The normalized spacial score (nSPS) is 20.7. The van der Waals surface area contributed by atoms with E-state index in [1.165, 1.54) is 0 Å². The molecule has 1 aromatic carbocycles. The lowest BCUT2D eigenvalue weighted by Gasteiger charge is -2.21. The summed E-state index contributed by atoms with van der Waals surface area (Å²) in [5.74, 6) is 0.343. The fraction of sp³-hybridized carbons (Fsp3) is 0.381. The van der Waals surface area contributed by atoms with E-state index in [0.29, 0.717) is 42.5 Å². The Labute approximate surface area is 178 Å². The minimum Gasteiger partial charge on any atom is -0.486 e. The van der Waals surface area contributed by atoms with Crippen molar-refractivity contribution >= 4 is 23.2 Å². The highest BCUT2D eigenvalue weighted by Gasteiger charge is 2.33. The van der Waals surface area contributed by atoms with Crippen molar-refractivity contribution in [1.82, 2.24) is 24.8 Å². The Bertz CT molecular complexity index is 1160. The Kier molecular flexibility index (Phi) is 4.65. The van der Waals surface area contributed by atoms with Crippen molar-refractivity contribution in [3.63, 3.8) is 0 Å². The van der Waals surface area contributed by atoms with Crippen LogP contribution < -0.4 is 10.1 Å². The number of hydrogen-bond donors (Lipinski definition) is 2. The lowest BCUT2D eigenvalue weighted by atomic mass is 10.1. The number of aliphatic hydroxyl groups excluding tert-OH is 1. The van der Waals surface area contributed by atoms with Gasteiger partial charge in [-0.05, 0) is 26.0 Å². The standard InChI is InChI=1S/C21H22ClN5O3/c1-11-19(22)12(2)27-20(24-11)14-9-26(10-15(14)25-27)21(29)13-5-3-4-6-17(13)30-18-8-23-7-16(18)28/h3-6,16,18,23,28H,7-10H2,1-2H3/t16-,18-/m0/s1. The predicted octanol–water partition coefficient (Wildman–Crippen LogP) is 1.87. The molecule has 1 saturated heterocycles. The topological polar surface area (TPSA) is 92.0 Å². The van der Waals surface area contributed by atoms with Crippen molar-refractivity contribution < 1.29 is 14.6 Å². The summed E-state index contributed by atoms with van der Waals surface area (Å²) in [6.45, 7) is 5.63. The van der Waals surface area contributed by atoms with E-state index < -0.39 is 6.10 Å². The number of β-amino-alcohol motifs (C(OH)–C–C–N with tert-alkyl or cyclic N) is 1. The Morgan fingerprint density at radius 1 is 1.27 bits per heavy atom. The van der Waals surface area contributed by atoms with Crippen LogP contribution in [0.4, 0.5) is 0 Å². The van der Waals surface area contributed by atoms with Crippen molar-refractivity contribution in [2.24, 2.45) is 0 Å². The zero-order valence-electron chi connectivity index (χ0n) is 16.7. The number of nitrogens with zero attached hydrogens (tertiary/aromatic N) is 4. The maximum Gasteiger partial charge on any atom is 0.258 e. The highest BCUT2D eigenvalue weighted by molar-refractivity contribution is 6.31. The van der Waals surface area contributed by atoms with Crippen LogP contribution in [0.1, 0.15) is 33.0 Å². The summed E-state index contributed by atoms with van der Waals surface area (Å²) in [6.07, 6.45) is -0.971. The monoisotopic (exact) mass is 427 g/mol. The van der Waals surface area contributed by atoms with Gasteiger partial charge < -0.3 is 20.1 Å². The number of benzene rings is 1. The first-order valence-electron chi connectivity index (χ1n) is 9.91. The molecule has 30 heavy (non-hydrogen) atoms. The van der Waals surface area contributed by atoms with Gasteiger partial charge in [-0.2, -0.15) is 5.10 Å². The Hall–Kier alpha value is -2.68. The number of aromatic nitrogens is 3. The van der Waals surface area contributed by atoms with Crippen LogP contribution in [0.15, 0.2) is 24.3 Å². The molecule has 0 saturated carbocycles. The number of hydrogen-bond acceptors (Lipinski definition) is 6. The first-order chi connectivity index (χ1) is 14.4. The van der Waals surface area contributed by atoms with Gasteiger partial charge >= 0.3 is 0 Å². The Morgan fingerprint density at radius 3 is 2.83 bits per heavy atom. The molecule has 3 aromatic rings. The van der Waals surface area contributed by atoms with E-state index >= 15 is 0 Å². The highest BCUT2D eigenvalue weighted by atomic mass is 35.5. The molecule has 1 fully saturated rings. The quantitative estimate of drug-likeness (QED) is 0.663. The molecule has 8 nitrogen and oxygen atoms in total. The molecule has 2 atom stereocenters. The molecule has 9 heteroatoms. The van der Waals surface area contributed by atoms with Gasteiger partial charge in [-0.1, -0.05) is 23.7 Å². The molecule has 0 aliphatic carbocycles. The second kappa shape index (κ2) is 7.23. The minimum atomic E-state index is -0.595. The minimum absolute atomic E-state index is 0.135. The van der Waals surface area contributed by atoms with E-state index in [-0.39, 0.29) is 12.0 Å². The third-order valence-electron chi connectivity index (χ3n) is 5.77. The van der Waals surface area contributed by atoms with E-state index in [1.54, 1.807) is 21.5 Å². The largest absolute Gasteiger partial charge is 0.486 e. The first-order valence-corrected chi connectivity index (χ1v) is 10.3. The summed E-state index contributed by atoms with van der Waals surface area (Å²) in [4.78, 5) is 19.6. The van der Waals surface area contributed by atoms with Crippen molar-refractivity contribution in [2.75, 3.05) is 13.1 Å². The number of amides is 1. The van der Waals surface area contributed by atoms with Crippen LogP contribution >= 0.6 is 11.6 Å². The number of aryl methyl sites for hydroxylation is 2. The lowest BCUT2D eigenvalue weighted by Crippen LogP contribution is -2.32. The third kappa shape index (κ3) is 3.03. The van der Waals surface area contributed by atoms with Gasteiger partial charge in [-0.3, -0.25) is 4.79 Å². The van der Waals surface area contributed by atoms with Crippen molar-refractivity contribution in [3.05, 3.63) is 57.5 Å². The number of para-hydroxylation sites is 1. The van der Waals surface area contributed by atoms with E-state index in [0.717, 1.165) is 28.3 Å². The molecular formula is C21H22ClN5O3. The second-order valence-electron chi connectivity index (χ2n) is 7.80. The number of ether oxygens (including phenoxy) is 1. The summed E-state index contributed by atoms with van der Waals surface area (Å²) in [7, 11) is 0. The molecule has 1 amide bonds. The summed E-state index contributed by atoms with van der Waals surface area (Å²) >= 11 is 6.31. The van der Waals surface area contributed by atoms with E-state index in [2.05, 4.69) is 15.4 Å². The van der Waals surface area contributed by atoms with Crippen LogP contribution in [0.25, 0.3) is 5.65 Å². The van der Waals surface area contributed by atoms with E-state index in [9.17, 15) is 9.90 Å². The SMILES string of the molecule is Cc1nc2c3c(nn2c(C)c1Cl)CN(C(=O)c1ccccc1O[C@H]1CNC[C@@H]1O)C3. The molecule has 156 valence electrons. The van der Waals surface area contributed by atoms with Crippen LogP contribution in [0, 0.1) is 13.8 Å². The summed E-state index contributed by atoms with van der Waals surface area (Å²) in [5.41, 5.74) is 4.58. The molecule has 2 aromatic heterocycles. The molecule has 0 bridgehead atoms. The Morgan fingerprint density at radius 2 is 2.07 bits per heavy atom. The van der Waals surface area contributed by atoms with E-state index in [1.807, 2.05) is 26.0 Å². The van der Waals surface area contributed by atoms with Crippen molar-refractivity contribution in [3.8, 4) is 5.75 Å². The molecule has 2 aliphatic heterocycles. The smallest absolute Gasteiger partial charge is 0.258 e. The molecule has 2 aliphatic rings. The highest BCUT2D eigenvalue weighted by Crippen LogP contribution is 2.31. The molecule has 0 spiro atoms. The summed E-state index contributed by atoms with van der Waals surface area (Å²) in [5, 5.41) is 18.4. The molecule has 0 radical (unpaired) electrons. The van der Waals surface area contributed by atoms with Crippen LogP contribution in [0.3, 0.4) is 0 Å². The fourth-order valence-corrected chi connectivity index (χ4v) is 4.22. The van der Waals surface area contributed by atoms with Gasteiger partial charge in [0.2, 0.25) is 0 Å². The van der Waals surface area contributed by atoms with Crippen LogP contribution in [-0.4, -0.2) is 55.8 Å². The predicted molar refractivity (Wildman–Crippen MR) is 111 cm³/mol. The third-order valence-corrected chi connectivity index (χ3v) is 6.31. The molecule has 5 rings (SSSR count). The number of rotatable bonds is 3. The average molecular weight is 428 g/mol. The number of nitrogens with one attached hydrogen (secondary N) is 1. The van der Waals surface area contributed by atoms with Crippen LogP contribution in [0.5, 0.6) is 5.75 Å². The summed E-state index contributed by atoms with van der Waals surface area (Å²) in [6, 6.07) is 7.15. The fourth-order valence-electron chi connectivity index (χ4n) is 4.10. The zero-order chi connectivity index (χ0) is 21.0. The lowest BCUT2D eigenvalue weighted by molar-refractivity contribution is 0.0668. The number of halogens is 1. The molecular weight excluding hydrogens is 406 g/mol. The number of carbonyl (C=O) groups excluding carboxylic acids is 1. The van der Waals surface area contributed by atoms with Crippen LogP contribution in [-0.2, 0) is 13.1 Å². The molecule has 2 N–H and O–H groups in total. The molecule has 0 unspecified atom stereocenters. The van der Waals surface area contributed by atoms with Crippen LogP contribution in [0.2, 0.25) is 5.02 Å². The van der Waals surface area contributed by atoms with E-state index in [4.69, 9.17) is 16.3 Å². The zero-order valence-corrected chi connectivity index (χ0v) is 17.5. The van der Waals surface area contributed by atoms with Gasteiger partial charge in [0.15, 0.2) is 5.65 Å². The van der Waals surface area contributed by atoms with Gasteiger partial charge in [0.1, 0.15) is 18.0 Å². The first kappa shape index (κ1) is 19.3. The summed E-state index contributed by atoms with van der Waals surface area (Å²) < 4.78 is 7.72. The van der Waals surface area contributed by atoms with Gasteiger partial charge in [0.25, 0.3) is 5.91 Å². The van der Waals surface area contributed by atoms with Gasteiger partial charge in [-0.15, -0.1) is 0 Å². The average Bonchev–Trinajstić information content (AvgIpc) is 3.42. The second-order valence-corrected chi connectivity index (χ2v) is 8.17.